The second kappa shape index (κ2) is 13.0. The number of amides is 1. The van der Waals surface area contributed by atoms with E-state index in [0.717, 1.165) is 97.0 Å². The molecule has 4 aromatic rings. The summed E-state index contributed by atoms with van der Waals surface area (Å²) in [6, 6.07) is 20.0. The normalized spacial score (nSPS) is 29.7. The summed E-state index contributed by atoms with van der Waals surface area (Å²) in [5.41, 5.74) is 9.41. The van der Waals surface area contributed by atoms with E-state index in [1.54, 1.807) is 6.33 Å². The van der Waals surface area contributed by atoms with Crippen molar-refractivity contribution in [2.75, 3.05) is 58.1 Å². The van der Waals surface area contributed by atoms with Gasteiger partial charge in [-0.3, -0.25) is 19.5 Å². The van der Waals surface area contributed by atoms with E-state index < -0.39 is 0 Å². The Kier molecular flexibility index (Phi) is 8.03. The van der Waals surface area contributed by atoms with Crippen molar-refractivity contribution in [2.24, 2.45) is 23.2 Å². The van der Waals surface area contributed by atoms with Crippen LogP contribution in [0.1, 0.15) is 63.8 Å². The number of para-hydroxylation sites is 1. The average molecular weight is 728 g/mol. The molecular weight excluding hydrogens is 675 g/mol. The Labute approximate surface area is 317 Å². The summed E-state index contributed by atoms with van der Waals surface area (Å²) in [5.74, 6) is 5.26. The molecule has 4 bridgehead atoms. The van der Waals surface area contributed by atoms with Crippen LogP contribution in [0.4, 0.5) is 5.82 Å². The molecule has 282 valence electrons. The Morgan fingerprint density at radius 1 is 0.722 bits per heavy atom. The first-order chi connectivity index (χ1) is 26.4. The Morgan fingerprint density at radius 2 is 1.31 bits per heavy atom. The van der Waals surface area contributed by atoms with E-state index in [1.165, 1.54) is 64.7 Å². The monoisotopic (exact) mass is 727 g/mol. The van der Waals surface area contributed by atoms with Crippen molar-refractivity contribution in [1.82, 2.24) is 39.3 Å². The van der Waals surface area contributed by atoms with Crippen molar-refractivity contribution >= 4 is 22.8 Å². The molecule has 2 aromatic heterocycles. The van der Waals surface area contributed by atoms with E-state index in [-0.39, 0.29) is 6.04 Å². The van der Waals surface area contributed by atoms with E-state index in [4.69, 9.17) is 15.6 Å². The zero-order chi connectivity index (χ0) is 36.0. The summed E-state index contributed by atoms with van der Waals surface area (Å²) in [4.78, 5) is 32.6. The van der Waals surface area contributed by atoms with Crippen LogP contribution < -0.4 is 10.5 Å². The van der Waals surface area contributed by atoms with E-state index in [0.29, 0.717) is 35.3 Å². The number of aromatic nitrogens is 4. The number of likely N-dealkylation sites (tertiary alicyclic amines) is 4. The van der Waals surface area contributed by atoms with E-state index >= 15 is 0 Å². The molecule has 0 spiro atoms. The van der Waals surface area contributed by atoms with Gasteiger partial charge >= 0.3 is 0 Å². The minimum Gasteiger partial charge on any atom is -0.457 e. The molecule has 0 radical (unpaired) electrons. The zero-order valence-electron chi connectivity index (χ0n) is 31.3. The molecule has 54 heavy (non-hydrogen) atoms. The smallest absolute Gasteiger partial charge is 0.223 e. The van der Waals surface area contributed by atoms with Gasteiger partial charge < -0.3 is 15.4 Å². The molecular formula is C43H53N9O2. The highest BCUT2D eigenvalue weighted by Crippen LogP contribution is 2.61. The number of nitrogens with two attached hydrogens (primary N) is 1. The lowest BCUT2D eigenvalue weighted by Gasteiger charge is -2.59. The van der Waals surface area contributed by atoms with Crippen LogP contribution in [0.5, 0.6) is 11.5 Å². The predicted molar refractivity (Wildman–Crippen MR) is 208 cm³/mol. The highest BCUT2D eigenvalue weighted by atomic mass is 16.5. The first kappa shape index (κ1) is 33.3. The molecule has 11 nitrogen and oxygen atoms in total. The van der Waals surface area contributed by atoms with Gasteiger partial charge in [-0.15, -0.1) is 0 Å². The fourth-order valence-electron chi connectivity index (χ4n) is 12.1. The minimum atomic E-state index is 0.269. The summed E-state index contributed by atoms with van der Waals surface area (Å²) in [6.07, 6.45) is 12.8. The van der Waals surface area contributed by atoms with Crippen LogP contribution >= 0.6 is 0 Å². The van der Waals surface area contributed by atoms with Gasteiger partial charge in [-0.2, -0.15) is 5.10 Å². The Balaban J connectivity index is 0.651. The second-order valence-corrected chi connectivity index (χ2v) is 18.2. The lowest BCUT2D eigenvalue weighted by molar-refractivity contribution is -0.150. The summed E-state index contributed by atoms with van der Waals surface area (Å²) < 4.78 is 8.13. The summed E-state index contributed by atoms with van der Waals surface area (Å²) in [5, 5.41) is 5.96. The van der Waals surface area contributed by atoms with Gasteiger partial charge in [-0.1, -0.05) is 18.2 Å². The SMILES string of the molecule is Nc1ncnc2c1c(-c1ccc(Oc3ccccc3)cc1)nn2C1CCN(C2CN(C3CN(C4CN(C(=O)CC56CC7CC(CC(C7)C5)C6)C4)C3)C2)CC1. The third kappa shape index (κ3) is 5.89. The molecule has 4 aliphatic heterocycles. The van der Waals surface area contributed by atoms with Crippen molar-refractivity contribution in [3.63, 3.8) is 0 Å². The lowest BCUT2D eigenvalue weighted by atomic mass is 9.49. The Bertz CT molecular complexity index is 1970. The maximum atomic E-state index is 13.4. The Morgan fingerprint density at radius 3 is 1.96 bits per heavy atom. The number of carbonyl (C=O) groups excluding carboxylic acids is 1. The number of fused-ring (bicyclic) bond motifs is 1. The molecule has 4 aliphatic carbocycles. The maximum Gasteiger partial charge on any atom is 0.223 e. The number of piperidine rings is 1. The fraction of sp³-hybridized carbons (Fsp3) is 0.581. The van der Waals surface area contributed by atoms with Gasteiger partial charge in [-0.05, 0) is 111 Å². The van der Waals surface area contributed by atoms with Crippen molar-refractivity contribution in [3.05, 3.63) is 60.9 Å². The second-order valence-electron chi connectivity index (χ2n) is 18.2. The molecule has 6 heterocycles. The van der Waals surface area contributed by atoms with Crippen LogP contribution in [0.3, 0.4) is 0 Å². The Hall–Kier alpha value is -4.06. The number of rotatable bonds is 9. The number of carbonyl (C=O) groups is 1. The summed E-state index contributed by atoms with van der Waals surface area (Å²) in [7, 11) is 0. The van der Waals surface area contributed by atoms with Gasteiger partial charge in [0.1, 0.15) is 29.3 Å². The minimum absolute atomic E-state index is 0.269. The van der Waals surface area contributed by atoms with Crippen LogP contribution in [0.15, 0.2) is 60.9 Å². The number of nitrogen functional groups attached to an aromatic ring is 1. The van der Waals surface area contributed by atoms with Crippen LogP contribution in [0, 0.1) is 23.2 Å². The van der Waals surface area contributed by atoms with Gasteiger partial charge in [-0.25, -0.2) is 14.6 Å². The number of benzene rings is 2. The molecule has 4 saturated heterocycles. The number of anilines is 1. The molecule has 0 atom stereocenters. The standard InChI is InChI=1S/C43H53N9O2/c44-41-39-40(31-6-8-37(9-7-31)54-36-4-2-1-3-5-36)47-52(42(39)46-27-45-41)32-10-12-48(13-11-32)33-21-49(22-33)34-23-50(24-34)35-25-51(26-35)38(53)20-43-17-28-14-29(18-43)16-30(15-28)19-43/h1-9,27-30,32-35H,10-26H2,(H2,44,45,46). The molecule has 2 N–H and O–H groups in total. The van der Waals surface area contributed by atoms with Crippen molar-refractivity contribution in [2.45, 2.75) is 82.0 Å². The van der Waals surface area contributed by atoms with E-state index in [9.17, 15) is 4.79 Å². The quantitative estimate of drug-likeness (QED) is 0.233. The van der Waals surface area contributed by atoms with E-state index in [2.05, 4.69) is 34.2 Å². The zero-order valence-corrected chi connectivity index (χ0v) is 31.3. The van der Waals surface area contributed by atoms with Crippen molar-refractivity contribution in [3.8, 4) is 22.8 Å². The molecule has 8 aliphatic rings. The summed E-state index contributed by atoms with van der Waals surface area (Å²) >= 11 is 0. The molecule has 11 heteroatoms. The van der Waals surface area contributed by atoms with E-state index in [1.807, 2.05) is 54.6 Å². The largest absolute Gasteiger partial charge is 0.457 e. The highest BCUT2D eigenvalue weighted by molar-refractivity contribution is 5.98. The lowest BCUT2D eigenvalue weighted by Crippen LogP contribution is -2.74. The molecule has 1 amide bonds. The first-order valence-corrected chi connectivity index (χ1v) is 20.7. The predicted octanol–water partition coefficient (Wildman–Crippen LogP) is 5.69. The molecule has 12 rings (SSSR count). The van der Waals surface area contributed by atoms with Gasteiger partial charge in [0.15, 0.2) is 5.65 Å². The van der Waals surface area contributed by atoms with Gasteiger partial charge in [0.05, 0.1) is 11.4 Å². The number of nitrogens with zero attached hydrogens (tertiary/aromatic N) is 8. The van der Waals surface area contributed by atoms with Crippen LogP contribution in [0.2, 0.25) is 0 Å². The van der Waals surface area contributed by atoms with Crippen molar-refractivity contribution < 1.29 is 9.53 Å². The van der Waals surface area contributed by atoms with Crippen LogP contribution in [0.25, 0.3) is 22.3 Å². The van der Waals surface area contributed by atoms with Crippen LogP contribution in [-0.4, -0.2) is 116 Å². The van der Waals surface area contributed by atoms with Gasteiger partial charge in [0, 0.05) is 82.5 Å². The van der Waals surface area contributed by atoms with Crippen molar-refractivity contribution in [1.29, 1.82) is 0 Å². The molecule has 2 aromatic carbocycles. The molecule has 8 fully saturated rings. The average Bonchev–Trinajstić information content (AvgIpc) is 3.50. The third-order valence-corrected chi connectivity index (χ3v) is 14.7. The maximum absolute atomic E-state index is 13.4. The molecule has 4 saturated carbocycles. The molecule has 0 unspecified atom stereocenters. The number of ether oxygens (including phenoxy) is 1. The highest BCUT2D eigenvalue weighted by Gasteiger charge is 2.53. The third-order valence-electron chi connectivity index (χ3n) is 14.7. The van der Waals surface area contributed by atoms with Gasteiger partial charge in [0.25, 0.3) is 0 Å². The van der Waals surface area contributed by atoms with Crippen LogP contribution in [-0.2, 0) is 4.79 Å². The summed E-state index contributed by atoms with van der Waals surface area (Å²) in [6.45, 7) is 8.72. The number of hydrogen-bond acceptors (Lipinski definition) is 9. The topological polar surface area (TPSA) is 109 Å². The fourth-order valence-corrected chi connectivity index (χ4v) is 12.1. The van der Waals surface area contributed by atoms with Gasteiger partial charge in [0.2, 0.25) is 5.91 Å². The number of hydrogen-bond donors (Lipinski definition) is 1. The first-order valence-electron chi connectivity index (χ1n) is 20.7.